The lowest BCUT2D eigenvalue weighted by molar-refractivity contribution is -0.384. The average Bonchev–Trinajstić information content (AvgIpc) is 2.84. The van der Waals surface area contributed by atoms with Gasteiger partial charge in [0.15, 0.2) is 0 Å². The Hall–Kier alpha value is -2.43. The molecule has 1 aromatic heterocycles. The van der Waals surface area contributed by atoms with Gasteiger partial charge in [-0.1, -0.05) is 19.1 Å². The van der Waals surface area contributed by atoms with Crippen molar-refractivity contribution in [2.24, 2.45) is 0 Å². The van der Waals surface area contributed by atoms with Gasteiger partial charge in [-0.3, -0.25) is 15.2 Å². The lowest BCUT2D eigenvalue weighted by Gasteiger charge is -1.95. The second kappa shape index (κ2) is 5.27. The zero-order chi connectivity index (χ0) is 13.0. The highest BCUT2D eigenvalue weighted by atomic mass is 16.6. The Bertz CT molecular complexity index is 570. The highest BCUT2D eigenvalue weighted by molar-refractivity contribution is 5.70. The summed E-state index contributed by atoms with van der Waals surface area (Å²) in [5, 5.41) is 17.4. The third-order valence-corrected chi connectivity index (χ3v) is 2.66. The van der Waals surface area contributed by atoms with Gasteiger partial charge >= 0.3 is 0 Å². The van der Waals surface area contributed by atoms with Gasteiger partial charge in [-0.15, -0.1) is 0 Å². The predicted molar refractivity (Wildman–Crippen MR) is 70.0 cm³/mol. The molecule has 1 heterocycles. The number of nitrogens with one attached hydrogen (secondary N) is 1. The highest BCUT2D eigenvalue weighted by Crippen LogP contribution is 2.15. The molecular formula is C13H13N3O2. The Labute approximate surface area is 104 Å². The van der Waals surface area contributed by atoms with Crippen LogP contribution in [0.25, 0.3) is 12.2 Å². The molecule has 0 bridgehead atoms. The lowest BCUT2D eigenvalue weighted by atomic mass is 10.1. The van der Waals surface area contributed by atoms with E-state index in [4.69, 9.17) is 0 Å². The smallest absolute Gasteiger partial charge is 0.269 e. The number of hydrogen-bond donors (Lipinski definition) is 1. The quantitative estimate of drug-likeness (QED) is 0.662. The fourth-order valence-electron chi connectivity index (χ4n) is 1.64. The Morgan fingerprint density at radius 1 is 1.33 bits per heavy atom. The number of nitro benzene ring substituents is 1. The van der Waals surface area contributed by atoms with Crippen molar-refractivity contribution in [3.8, 4) is 0 Å². The molecule has 0 saturated carbocycles. The first-order valence-electron chi connectivity index (χ1n) is 5.65. The molecule has 0 unspecified atom stereocenters. The molecule has 0 amide bonds. The van der Waals surface area contributed by atoms with Crippen LogP contribution in [0.2, 0.25) is 0 Å². The van der Waals surface area contributed by atoms with Gasteiger partial charge in [0.1, 0.15) is 0 Å². The zero-order valence-corrected chi connectivity index (χ0v) is 9.96. The molecule has 1 aromatic carbocycles. The first-order valence-corrected chi connectivity index (χ1v) is 5.65. The zero-order valence-electron chi connectivity index (χ0n) is 9.96. The molecule has 0 atom stereocenters. The summed E-state index contributed by atoms with van der Waals surface area (Å²) >= 11 is 0. The van der Waals surface area contributed by atoms with Crippen LogP contribution in [0.1, 0.15) is 23.7 Å². The monoisotopic (exact) mass is 243 g/mol. The number of benzene rings is 1. The van der Waals surface area contributed by atoms with E-state index in [1.54, 1.807) is 18.3 Å². The second-order valence-corrected chi connectivity index (χ2v) is 3.84. The van der Waals surface area contributed by atoms with E-state index in [0.717, 1.165) is 23.2 Å². The summed E-state index contributed by atoms with van der Waals surface area (Å²) in [5.41, 5.74) is 3.14. The van der Waals surface area contributed by atoms with Crippen LogP contribution in [0, 0.1) is 10.1 Å². The largest absolute Gasteiger partial charge is 0.282 e. The van der Waals surface area contributed by atoms with E-state index in [-0.39, 0.29) is 5.69 Å². The van der Waals surface area contributed by atoms with Crippen molar-refractivity contribution in [2.45, 2.75) is 13.3 Å². The number of aromatic amines is 1. The van der Waals surface area contributed by atoms with Crippen molar-refractivity contribution >= 4 is 17.8 Å². The molecule has 2 rings (SSSR count). The number of non-ortho nitro benzene ring substituents is 1. The Balaban J connectivity index is 2.16. The molecule has 92 valence electrons. The Kier molecular flexibility index (Phi) is 3.52. The highest BCUT2D eigenvalue weighted by Gasteiger charge is 2.02. The van der Waals surface area contributed by atoms with Gasteiger partial charge < -0.3 is 0 Å². The Morgan fingerprint density at radius 3 is 2.67 bits per heavy atom. The van der Waals surface area contributed by atoms with E-state index in [0.29, 0.717) is 0 Å². The Morgan fingerprint density at radius 2 is 2.06 bits per heavy atom. The molecule has 2 aromatic rings. The number of rotatable bonds is 4. The maximum Gasteiger partial charge on any atom is 0.269 e. The van der Waals surface area contributed by atoms with Gasteiger partial charge in [0.2, 0.25) is 0 Å². The van der Waals surface area contributed by atoms with E-state index in [2.05, 4.69) is 17.1 Å². The van der Waals surface area contributed by atoms with Crippen molar-refractivity contribution in [1.82, 2.24) is 10.2 Å². The van der Waals surface area contributed by atoms with Gasteiger partial charge in [0.25, 0.3) is 5.69 Å². The van der Waals surface area contributed by atoms with Crippen LogP contribution in [-0.2, 0) is 6.42 Å². The predicted octanol–water partition coefficient (Wildman–Crippen LogP) is 3.05. The van der Waals surface area contributed by atoms with Gasteiger partial charge in [-0.2, -0.15) is 5.10 Å². The minimum Gasteiger partial charge on any atom is -0.282 e. The summed E-state index contributed by atoms with van der Waals surface area (Å²) in [6, 6.07) is 6.44. The third kappa shape index (κ3) is 2.63. The van der Waals surface area contributed by atoms with Crippen molar-refractivity contribution in [1.29, 1.82) is 0 Å². The minimum atomic E-state index is -0.404. The standard InChI is InChI=1S/C13H13N3O2/c1-2-13-11(9-14-15-13)6-3-10-4-7-12(8-5-10)16(17)18/h3-9H,2H2,1H3,(H,14,15)/b6-3+. The molecule has 0 aliphatic heterocycles. The summed E-state index contributed by atoms with van der Waals surface area (Å²) < 4.78 is 0. The van der Waals surface area contributed by atoms with Crippen LogP contribution in [-0.4, -0.2) is 15.1 Å². The van der Waals surface area contributed by atoms with E-state index >= 15 is 0 Å². The second-order valence-electron chi connectivity index (χ2n) is 3.84. The maximum atomic E-state index is 10.5. The molecule has 5 nitrogen and oxygen atoms in total. The molecule has 1 N–H and O–H groups in total. The van der Waals surface area contributed by atoms with E-state index in [1.165, 1.54) is 12.1 Å². The van der Waals surface area contributed by atoms with Crippen LogP contribution in [0.5, 0.6) is 0 Å². The fraction of sp³-hybridized carbons (Fsp3) is 0.154. The number of aryl methyl sites for hydroxylation is 1. The van der Waals surface area contributed by atoms with Crippen LogP contribution in [0.3, 0.4) is 0 Å². The van der Waals surface area contributed by atoms with E-state index < -0.39 is 4.92 Å². The molecule has 5 heteroatoms. The van der Waals surface area contributed by atoms with E-state index in [9.17, 15) is 10.1 Å². The third-order valence-electron chi connectivity index (χ3n) is 2.66. The molecule has 0 aliphatic carbocycles. The lowest BCUT2D eigenvalue weighted by Crippen LogP contribution is -1.86. The molecule has 0 radical (unpaired) electrons. The summed E-state index contributed by atoms with van der Waals surface area (Å²) in [6.07, 6.45) is 6.51. The van der Waals surface area contributed by atoms with Gasteiger partial charge in [-0.25, -0.2) is 0 Å². The molecule has 18 heavy (non-hydrogen) atoms. The van der Waals surface area contributed by atoms with Crippen LogP contribution >= 0.6 is 0 Å². The van der Waals surface area contributed by atoms with Crippen molar-refractivity contribution in [2.75, 3.05) is 0 Å². The molecular weight excluding hydrogens is 230 g/mol. The van der Waals surface area contributed by atoms with Crippen LogP contribution in [0.15, 0.2) is 30.5 Å². The van der Waals surface area contributed by atoms with Crippen LogP contribution in [0.4, 0.5) is 5.69 Å². The minimum absolute atomic E-state index is 0.102. The molecule has 0 spiro atoms. The van der Waals surface area contributed by atoms with Gasteiger partial charge in [-0.05, 0) is 24.1 Å². The summed E-state index contributed by atoms with van der Waals surface area (Å²) in [7, 11) is 0. The van der Waals surface area contributed by atoms with Crippen molar-refractivity contribution < 1.29 is 4.92 Å². The van der Waals surface area contributed by atoms with Crippen molar-refractivity contribution in [3.05, 3.63) is 57.4 Å². The summed E-state index contributed by atoms with van der Waals surface area (Å²) in [5.74, 6) is 0. The van der Waals surface area contributed by atoms with Gasteiger partial charge in [0, 0.05) is 23.4 Å². The topological polar surface area (TPSA) is 71.8 Å². The fourth-order valence-corrected chi connectivity index (χ4v) is 1.64. The van der Waals surface area contributed by atoms with Gasteiger partial charge in [0.05, 0.1) is 11.1 Å². The van der Waals surface area contributed by atoms with E-state index in [1.807, 2.05) is 12.2 Å². The molecule has 0 saturated heterocycles. The molecule has 0 aliphatic rings. The maximum absolute atomic E-state index is 10.5. The number of nitro groups is 1. The van der Waals surface area contributed by atoms with Crippen molar-refractivity contribution in [3.63, 3.8) is 0 Å². The van der Waals surface area contributed by atoms with Crippen LogP contribution < -0.4 is 0 Å². The first-order chi connectivity index (χ1) is 8.70. The number of aromatic nitrogens is 2. The number of H-pyrrole nitrogens is 1. The normalized spacial score (nSPS) is 10.9. The first kappa shape index (κ1) is 12.0. The molecule has 0 fully saturated rings. The SMILES string of the molecule is CCc1[nH]ncc1/C=C/c1ccc([N+](=O)[O-])cc1. The number of nitrogens with zero attached hydrogens (tertiary/aromatic N) is 2. The average molecular weight is 243 g/mol. The summed E-state index contributed by atoms with van der Waals surface area (Å²) in [4.78, 5) is 10.1. The number of hydrogen-bond acceptors (Lipinski definition) is 3. The summed E-state index contributed by atoms with van der Waals surface area (Å²) in [6.45, 7) is 2.05.